The van der Waals surface area contributed by atoms with Gasteiger partial charge in [0.05, 0.1) is 18.8 Å². The number of aliphatic hydroxyl groups is 1. The summed E-state index contributed by atoms with van der Waals surface area (Å²) >= 11 is 0. The van der Waals surface area contributed by atoms with Gasteiger partial charge in [-0.05, 0) is 30.5 Å². The lowest BCUT2D eigenvalue weighted by atomic mass is 10.0. The van der Waals surface area contributed by atoms with Gasteiger partial charge in [-0.25, -0.2) is 0 Å². The molecule has 0 fully saturated rings. The third kappa shape index (κ3) is 6.01. The highest BCUT2D eigenvalue weighted by molar-refractivity contribution is 6.04. The minimum absolute atomic E-state index is 0.0260. The molecule has 1 unspecified atom stereocenters. The molecule has 1 atom stereocenters. The molecular weight excluding hydrogens is 340 g/mol. The predicted octanol–water partition coefficient (Wildman–Crippen LogP) is 3.35. The van der Waals surface area contributed by atoms with Crippen LogP contribution >= 0.6 is 0 Å². The molecule has 2 aromatic carbocycles. The van der Waals surface area contributed by atoms with Crippen LogP contribution < -0.4 is 5.32 Å². The van der Waals surface area contributed by atoms with Crippen LogP contribution in [0, 0.1) is 5.92 Å². The van der Waals surface area contributed by atoms with E-state index >= 15 is 0 Å². The highest BCUT2D eigenvalue weighted by Gasteiger charge is 2.24. The summed E-state index contributed by atoms with van der Waals surface area (Å²) in [6, 6.07) is 16.7. The third-order valence-corrected chi connectivity index (χ3v) is 4.58. The number of Topliss-reactive ketones (excluding diaryl/α,β-unsaturated/α-hetero) is 1. The van der Waals surface area contributed by atoms with Crippen LogP contribution in [0.4, 0.5) is 5.69 Å². The maximum absolute atomic E-state index is 12.7. The topological polar surface area (TPSA) is 69.6 Å². The van der Waals surface area contributed by atoms with Gasteiger partial charge in [0.2, 0.25) is 5.91 Å². The van der Waals surface area contributed by atoms with E-state index in [4.69, 9.17) is 0 Å². The summed E-state index contributed by atoms with van der Waals surface area (Å²) < 4.78 is 0. The van der Waals surface area contributed by atoms with Gasteiger partial charge in [-0.15, -0.1) is 0 Å². The van der Waals surface area contributed by atoms with E-state index in [2.05, 4.69) is 5.32 Å². The van der Waals surface area contributed by atoms with E-state index in [0.29, 0.717) is 17.8 Å². The smallest absolute Gasteiger partial charge is 0.238 e. The molecule has 2 N–H and O–H groups in total. The molecule has 144 valence electrons. The van der Waals surface area contributed by atoms with Gasteiger partial charge in [-0.1, -0.05) is 56.3 Å². The van der Waals surface area contributed by atoms with Gasteiger partial charge < -0.3 is 10.4 Å². The fraction of sp³-hybridized carbons (Fsp3) is 0.364. The van der Waals surface area contributed by atoms with Crippen molar-refractivity contribution in [2.45, 2.75) is 33.4 Å². The minimum atomic E-state index is -0.210. The number of ketones is 1. The third-order valence-electron chi connectivity index (χ3n) is 4.58. The van der Waals surface area contributed by atoms with Crippen LogP contribution in [0.3, 0.4) is 0 Å². The Morgan fingerprint density at radius 1 is 1.04 bits per heavy atom. The Bertz CT molecular complexity index is 759. The van der Waals surface area contributed by atoms with Crippen molar-refractivity contribution in [3.8, 4) is 0 Å². The van der Waals surface area contributed by atoms with Crippen molar-refractivity contribution >= 4 is 17.4 Å². The number of rotatable bonds is 9. The zero-order chi connectivity index (χ0) is 19.8. The molecule has 0 aliphatic rings. The fourth-order valence-electron chi connectivity index (χ4n) is 3.13. The lowest BCUT2D eigenvalue weighted by Crippen LogP contribution is -2.45. The van der Waals surface area contributed by atoms with Crippen molar-refractivity contribution in [3.63, 3.8) is 0 Å². The van der Waals surface area contributed by atoms with Crippen molar-refractivity contribution < 1.29 is 14.7 Å². The van der Waals surface area contributed by atoms with Crippen LogP contribution in [-0.2, 0) is 11.3 Å². The molecule has 2 rings (SSSR count). The molecule has 27 heavy (non-hydrogen) atoms. The number of nitrogens with zero attached hydrogens (tertiary/aromatic N) is 1. The molecule has 0 aromatic heterocycles. The molecule has 0 spiro atoms. The first-order valence-corrected chi connectivity index (χ1v) is 9.21. The summed E-state index contributed by atoms with van der Waals surface area (Å²) in [5, 5.41) is 12.7. The monoisotopic (exact) mass is 368 g/mol. The lowest BCUT2D eigenvalue weighted by Gasteiger charge is -2.32. The van der Waals surface area contributed by atoms with Gasteiger partial charge >= 0.3 is 0 Å². The van der Waals surface area contributed by atoms with Gasteiger partial charge in [-0.3, -0.25) is 14.5 Å². The number of carbonyl (C=O) groups is 2. The molecule has 0 aliphatic heterocycles. The van der Waals surface area contributed by atoms with E-state index in [-0.39, 0.29) is 36.8 Å². The van der Waals surface area contributed by atoms with Crippen molar-refractivity contribution in [3.05, 3.63) is 65.7 Å². The second-order valence-corrected chi connectivity index (χ2v) is 7.03. The maximum Gasteiger partial charge on any atom is 0.238 e. The second kappa shape index (κ2) is 10.00. The first-order chi connectivity index (χ1) is 12.9. The minimum Gasteiger partial charge on any atom is -0.395 e. The lowest BCUT2D eigenvalue weighted by molar-refractivity contribution is -0.118. The summed E-state index contributed by atoms with van der Waals surface area (Å²) in [4.78, 5) is 26.4. The average molecular weight is 368 g/mol. The van der Waals surface area contributed by atoms with Crippen molar-refractivity contribution in [1.29, 1.82) is 0 Å². The van der Waals surface area contributed by atoms with E-state index in [9.17, 15) is 14.7 Å². The van der Waals surface area contributed by atoms with Crippen molar-refractivity contribution in [2.24, 2.45) is 5.92 Å². The molecule has 0 saturated carbocycles. The predicted molar refractivity (Wildman–Crippen MR) is 108 cm³/mol. The van der Waals surface area contributed by atoms with E-state index in [1.165, 1.54) is 6.92 Å². The summed E-state index contributed by atoms with van der Waals surface area (Å²) in [5.74, 6) is -0.114. The number of benzene rings is 2. The Morgan fingerprint density at radius 2 is 1.67 bits per heavy atom. The van der Waals surface area contributed by atoms with Gasteiger partial charge in [0.15, 0.2) is 5.78 Å². The number of carbonyl (C=O) groups excluding carboxylic acids is 2. The van der Waals surface area contributed by atoms with Gasteiger partial charge in [-0.2, -0.15) is 0 Å². The van der Waals surface area contributed by atoms with Crippen LogP contribution in [-0.4, -0.2) is 40.9 Å². The van der Waals surface area contributed by atoms with E-state index in [0.717, 1.165) is 5.56 Å². The normalized spacial score (nSPS) is 12.2. The van der Waals surface area contributed by atoms with Crippen LogP contribution in [0.25, 0.3) is 0 Å². The molecular formula is C22H28N2O3. The molecule has 0 bridgehead atoms. The largest absolute Gasteiger partial charge is 0.395 e. The first kappa shape index (κ1) is 20.8. The number of hydrogen-bond donors (Lipinski definition) is 2. The summed E-state index contributed by atoms with van der Waals surface area (Å²) in [6.45, 7) is 6.20. The molecule has 0 saturated heterocycles. The molecule has 5 nitrogen and oxygen atoms in total. The van der Waals surface area contributed by atoms with Crippen LogP contribution in [0.5, 0.6) is 0 Å². The number of aliphatic hydroxyl groups excluding tert-OH is 1. The average Bonchev–Trinajstić information content (AvgIpc) is 2.63. The number of amides is 1. The van der Waals surface area contributed by atoms with E-state index in [1.807, 2.05) is 49.1 Å². The molecule has 2 aromatic rings. The van der Waals surface area contributed by atoms with Crippen LogP contribution in [0.15, 0.2) is 54.6 Å². The Kier molecular flexibility index (Phi) is 7.70. The summed E-state index contributed by atoms with van der Waals surface area (Å²) in [7, 11) is 0. The van der Waals surface area contributed by atoms with E-state index in [1.54, 1.807) is 24.3 Å². The summed E-state index contributed by atoms with van der Waals surface area (Å²) in [5.41, 5.74) is 2.08. The van der Waals surface area contributed by atoms with Gasteiger partial charge in [0.1, 0.15) is 0 Å². The quantitative estimate of drug-likeness (QED) is 0.666. The maximum atomic E-state index is 12.7. The highest BCUT2D eigenvalue weighted by atomic mass is 16.3. The SMILES string of the molecule is CC(=O)c1ccccc1NC(=O)CN(Cc1ccccc1)C(CO)C(C)C. The van der Waals surface area contributed by atoms with E-state index < -0.39 is 0 Å². The standard InChI is InChI=1S/C22H28N2O3/c1-16(2)21(15-25)24(13-18-9-5-4-6-10-18)14-22(27)23-20-12-8-7-11-19(20)17(3)26/h4-12,16,21,25H,13-15H2,1-3H3,(H,23,27). The Morgan fingerprint density at radius 3 is 2.26 bits per heavy atom. The van der Waals surface area contributed by atoms with Gasteiger partial charge in [0, 0.05) is 18.2 Å². The molecule has 5 heteroatoms. The summed E-state index contributed by atoms with van der Waals surface area (Å²) in [6.07, 6.45) is 0. The Hall–Kier alpha value is -2.50. The Balaban J connectivity index is 2.16. The number of nitrogens with one attached hydrogen (secondary N) is 1. The molecule has 1 amide bonds. The van der Waals surface area contributed by atoms with Crippen molar-refractivity contribution in [2.75, 3.05) is 18.5 Å². The molecule has 0 radical (unpaired) electrons. The number of hydrogen-bond acceptors (Lipinski definition) is 4. The van der Waals surface area contributed by atoms with Crippen molar-refractivity contribution in [1.82, 2.24) is 4.90 Å². The fourth-order valence-corrected chi connectivity index (χ4v) is 3.13. The first-order valence-electron chi connectivity index (χ1n) is 9.21. The Labute approximate surface area is 161 Å². The number of para-hydroxylation sites is 1. The van der Waals surface area contributed by atoms with Crippen LogP contribution in [0.1, 0.15) is 36.7 Å². The zero-order valence-electron chi connectivity index (χ0n) is 16.2. The van der Waals surface area contributed by atoms with Gasteiger partial charge in [0.25, 0.3) is 0 Å². The highest BCUT2D eigenvalue weighted by Crippen LogP contribution is 2.18. The number of anilines is 1. The molecule has 0 heterocycles. The molecule has 0 aliphatic carbocycles. The van der Waals surface area contributed by atoms with Crippen LogP contribution in [0.2, 0.25) is 0 Å². The second-order valence-electron chi connectivity index (χ2n) is 7.03. The zero-order valence-corrected chi connectivity index (χ0v) is 16.2.